The summed E-state index contributed by atoms with van der Waals surface area (Å²) in [5.74, 6) is 1.02. The smallest absolute Gasteiger partial charge is 0.0700 e. The van der Waals surface area contributed by atoms with Crippen LogP contribution in [0, 0.1) is 5.92 Å². The number of alkyl halides is 1. The van der Waals surface area contributed by atoms with Crippen molar-refractivity contribution in [3.05, 3.63) is 12.2 Å². The minimum Gasteiger partial charge on any atom is -0.390 e. The van der Waals surface area contributed by atoms with Crippen molar-refractivity contribution >= 4 is 11.6 Å². The van der Waals surface area contributed by atoms with Crippen molar-refractivity contribution in [3.63, 3.8) is 0 Å². The van der Waals surface area contributed by atoms with Gasteiger partial charge >= 0.3 is 0 Å². The van der Waals surface area contributed by atoms with E-state index in [1.165, 1.54) is 19.3 Å². The molecule has 2 unspecified atom stereocenters. The van der Waals surface area contributed by atoms with Crippen LogP contribution in [0.1, 0.15) is 32.1 Å². The quantitative estimate of drug-likeness (QED) is 0.608. The SMILES string of the molecule is C=C(CCl)CN1CCC2(O)CCCCC2C1. The molecule has 1 heterocycles. The van der Waals surface area contributed by atoms with Crippen LogP contribution in [-0.2, 0) is 0 Å². The van der Waals surface area contributed by atoms with Gasteiger partial charge in [0.1, 0.15) is 0 Å². The van der Waals surface area contributed by atoms with E-state index in [0.717, 1.165) is 38.0 Å². The zero-order valence-electron chi connectivity index (χ0n) is 9.92. The number of fused-ring (bicyclic) bond motifs is 1. The summed E-state index contributed by atoms with van der Waals surface area (Å²) in [5.41, 5.74) is 0.722. The Morgan fingerprint density at radius 3 is 3.00 bits per heavy atom. The fourth-order valence-corrected chi connectivity index (χ4v) is 3.23. The first-order valence-electron chi connectivity index (χ1n) is 6.31. The summed E-state index contributed by atoms with van der Waals surface area (Å²) in [7, 11) is 0. The fourth-order valence-electron chi connectivity index (χ4n) is 3.14. The second-order valence-electron chi connectivity index (χ2n) is 5.42. The third-order valence-corrected chi connectivity index (χ3v) is 4.53. The maximum atomic E-state index is 10.5. The molecule has 2 nitrogen and oxygen atoms in total. The number of nitrogens with zero attached hydrogens (tertiary/aromatic N) is 1. The van der Waals surface area contributed by atoms with Gasteiger partial charge in [0.2, 0.25) is 0 Å². The molecule has 0 radical (unpaired) electrons. The van der Waals surface area contributed by atoms with E-state index in [9.17, 15) is 5.11 Å². The van der Waals surface area contributed by atoms with Gasteiger partial charge < -0.3 is 5.11 Å². The molecule has 1 saturated heterocycles. The second kappa shape index (κ2) is 5.07. The highest BCUT2D eigenvalue weighted by Gasteiger charge is 2.42. The topological polar surface area (TPSA) is 23.5 Å². The molecule has 0 bridgehead atoms. The minimum atomic E-state index is -0.364. The van der Waals surface area contributed by atoms with E-state index in [0.29, 0.717) is 11.8 Å². The molecule has 0 spiro atoms. The van der Waals surface area contributed by atoms with E-state index in [4.69, 9.17) is 11.6 Å². The highest BCUT2D eigenvalue weighted by atomic mass is 35.5. The fraction of sp³-hybridized carbons (Fsp3) is 0.846. The largest absolute Gasteiger partial charge is 0.390 e. The minimum absolute atomic E-state index is 0.364. The Hall–Kier alpha value is -0.0500. The van der Waals surface area contributed by atoms with Crippen LogP contribution in [0.5, 0.6) is 0 Å². The molecule has 0 amide bonds. The molecule has 92 valence electrons. The van der Waals surface area contributed by atoms with E-state index in [1.54, 1.807) is 0 Å². The van der Waals surface area contributed by atoms with Gasteiger partial charge in [-0.05, 0) is 24.8 Å². The molecule has 2 aliphatic rings. The summed E-state index contributed by atoms with van der Waals surface area (Å²) in [6, 6.07) is 0. The Kier molecular flexibility index (Phi) is 3.93. The Balaban J connectivity index is 1.91. The van der Waals surface area contributed by atoms with Crippen LogP contribution in [-0.4, -0.2) is 41.1 Å². The van der Waals surface area contributed by atoms with Crippen LogP contribution in [0.4, 0.5) is 0 Å². The van der Waals surface area contributed by atoms with E-state index < -0.39 is 0 Å². The number of piperidine rings is 1. The summed E-state index contributed by atoms with van der Waals surface area (Å²) in [6.45, 7) is 6.86. The van der Waals surface area contributed by atoms with E-state index in [-0.39, 0.29) is 5.60 Å². The number of likely N-dealkylation sites (tertiary alicyclic amines) is 1. The molecular formula is C13H22ClNO. The Labute approximate surface area is 103 Å². The van der Waals surface area contributed by atoms with Gasteiger partial charge in [0.15, 0.2) is 0 Å². The first kappa shape index (κ1) is 12.4. The van der Waals surface area contributed by atoms with Crippen molar-refractivity contribution in [2.75, 3.05) is 25.5 Å². The van der Waals surface area contributed by atoms with Gasteiger partial charge in [-0.15, -0.1) is 11.6 Å². The van der Waals surface area contributed by atoms with Gasteiger partial charge in [-0.25, -0.2) is 0 Å². The van der Waals surface area contributed by atoms with E-state index in [2.05, 4.69) is 11.5 Å². The third kappa shape index (κ3) is 2.61. The molecule has 1 N–H and O–H groups in total. The lowest BCUT2D eigenvalue weighted by Gasteiger charge is -2.47. The lowest BCUT2D eigenvalue weighted by atomic mass is 9.71. The van der Waals surface area contributed by atoms with Crippen LogP contribution in [0.25, 0.3) is 0 Å². The van der Waals surface area contributed by atoms with Crippen molar-refractivity contribution in [1.29, 1.82) is 0 Å². The highest BCUT2D eigenvalue weighted by molar-refractivity contribution is 6.19. The standard InChI is InChI=1S/C13H22ClNO/c1-11(8-14)9-15-7-6-13(16)5-3-2-4-12(13)10-15/h12,16H,1-10H2. The van der Waals surface area contributed by atoms with Crippen molar-refractivity contribution in [3.8, 4) is 0 Å². The number of aliphatic hydroxyl groups is 1. The average Bonchev–Trinajstić information content (AvgIpc) is 2.29. The average molecular weight is 244 g/mol. The summed E-state index contributed by atoms with van der Waals surface area (Å²) >= 11 is 5.76. The van der Waals surface area contributed by atoms with E-state index in [1.807, 2.05) is 0 Å². The summed E-state index contributed by atoms with van der Waals surface area (Å²) in [5, 5.41) is 10.5. The van der Waals surface area contributed by atoms with E-state index >= 15 is 0 Å². The molecule has 1 aliphatic heterocycles. The monoisotopic (exact) mass is 243 g/mol. The molecule has 0 aromatic carbocycles. The van der Waals surface area contributed by atoms with Crippen molar-refractivity contribution < 1.29 is 5.11 Å². The third-order valence-electron chi connectivity index (χ3n) is 4.15. The Bertz CT molecular complexity index is 269. The molecule has 1 saturated carbocycles. The van der Waals surface area contributed by atoms with Crippen molar-refractivity contribution in [2.45, 2.75) is 37.7 Å². The predicted octanol–water partition coefficient (Wildman–Crippen LogP) is 2.41. The normalized spacial score (nSPS) is 35.8. The molecule has 2 fully saturated rings. The molecule has 0 aromatic rings. The maximum Gasteiger partial charge on any atom is 0.0700 e. The van der Waals surface area contributed by atoms with Gasteiger partial charge in [-0.1, -0.05) is 19.4 Å². The van der Waals surface area contributed by atoms with Crippen LogP contribution in [0.15, 0.2) is 12.2 Å². The lowest BCUT2D eigenvalue weighted by Crippen LogP contribution is -2.53. The number of halogens is 1. The van der Waals surface area contributed by atoms with Gasteiger partial charge in [0.25, 0.3) is 0 Å². The molecule has 0 aromatic heterocycles. The summed E-state index contributed by atoms with van der Waals surface area (Å²) in [4.78, 5) is 2.40. The molecule has 16 heavy (non-hydrogen) atoms. The molecular weight excluding hydrogens is 222 g/mol. The lowest BCUT2D eigenvalue weighted by molar-refractivity contribution is -0.0937. The second-order valence-corrected chi connectivity index (χ2v) is 5.68. The van der Waals surface area contributed by atoms with Gasteiger partial charge in [0, 0.05) is 31.4 Å². The number of rotatable bonds is 3. The van der Waals surface area contributed by atoms with Gasteiger partial charge in [0.05, 0.1) is 5.60 Å². The summed E-state index contributed by atoms with van der Waals surface area (Å²) in [6.07, 6.45) is 5.58. The predicted molar refractivity (Wildman–Crippen MR) is 67.8 cm³/mol. The number of hydrogen-bond donors (Lipinski definition) is 1. The van der Waals surface area contributed by atoms with Crippen LogP contribution in [0.3, 0.4) is 0 Å². The molecule has 1 aliphatic carbocycles. The van der Waals surface area contributed by atoms with Crippen LogP contribution >= 0.6 is 11.6 Å². The first-order chi connectivity index (χ1) is 7.64. The van der Waals surface area contributed by atoms with Crippen LogP contribution < -0.4 is 0 Å². The molecule has 2 rings (SSSR count). The Morgan fingerprint density at radius 2 is 2.25 bits per heavy atom. The van der Waals surface area contributed by atoms with Crippen LogP contribution in [0.2, 0.25) is 0 Å². The van der Waals surface area contributed by atoms with Gasteiger partial charge in [-0.2, -0.15) is 0 Å². The van der Waals surface area contributed by atoms with Gasteiger partial charge in [-0.3, -0.25) is 4.90 Å². The maximum absolute atomic E-state index is 10.5. The zero-order valence-corrected chi connectivity index (χ0v) is 10.7. The molecule has 2 atom stereocenters. The zero-order chi connectivity index (χ0) is 11.6. The highest BCUT2D eigenvalue weighted by Crippen LogP contribution is 2.39. The van der Waals surface area contributed by atoms with Crippen molar-refractivity contribution in [1.82, 2.24) is 4.90 Å². The Morgan fingerprint density at radius 1 is 1.44 bits per heavy atom. The summed E-state index contributed by atoms with van der Waals surface area (Å²) < 4.78 is 0. The van der Waals surface area contributed by atoms with Crippen molar-refractivity contribution in [2.24, 2.45) is 5.92 Å². The number of hydrogen-bond acceptors (Lipinski definition) is 2. The molecule has 3 heteroatoms. The first-order valence-corrected chi connectivity index (χ1v) is 6.85.